The summed E-state index contributed by atoms with van der Waals surface area (Å²) >= 11 is 2.88. The maximum atomic E-state index is 13.3. The van der Waals surface area contributed by atoms with Crippen LogP contribution < -0.4 is 30.6 Å². The van der Waals surface area contributed by atoms with Crippen molar-refractivity contribution in [3.8, 4) is 38.4 Å². The van der Waals surface area contributed by atoms with E-state index in [1.165, 1.54) is 22.7 Å². The monoisotopic (exact) mass is 663 g/mol. The Kier molecular flexibility index (Phi) is 9.65. The molecule has 6 rings (SSSR count). The van der Waals surface area contributed by atoms with Gasteiger partial charge in [-0.15, -0.1) is 11.3 Å². The maximum Gasteiger partial charge on any atom is 0.225 e. The van der Waals surface area contributed by atoms with E-state index in [-0.39, 0.29) is 11.8 Å². The van der Waals surface area contributed by atoms with Gasteiger partial charge in [0.25, 0.3) is 0 Å². The lowest BCUT2D eigenvalue weighted by Crippen LogP contribution is -2.16. The number of ether oxygens (including phenoxy) is 3. The van der Waals surface area contributed by atoms with Gasteiger partial charge in [-0.05, 0) is 23.3 Å². The smallest absolute Gasteiger partial charge is 0.225 e. The number of hydrogen-bond donors (Lipinski definition) is 3. The van der Waals surface area contributed by atoms with Gasteiger partial charge in [0, 0.05) is 46.8 Å². The SMILES string of the molecule is COc1cc(Nc2nc(N)c(-c3nc(-c4cccc(NC(=O)CC(c5ccccc5)c5ccccc5)c4)cs3)s2)cc(OC)c1OC. The number of nitrogens with zero attached hydrogens (tertiary/aromatic N) is 2. The van der Waals surface area contributed by atoms with E-state index in [0.717, 1.165) is 32.3 Å². The number of benzene rings is 4. The highest BCUT2D eigenvalue weighted by molar-refractivity contribution is 7.23. The molecule has 9 nitrogen and oxygen atoms in total. The van der Waals surface area contributed by atoms with Crippen molar-refractivity contribution in [3.05, 3.63) is 114 Å². The van der Waals surface area contributed by atoms with Crippen LogP contribution in [0.2, 0.25) is 0 Å². The van der Waals surface area contributed by atoms with Crippen LogP contribution in [0.5, 0.6) is 17.2 Å². The fourth-order valence-electron chi connectivity index (χ4n) is 5.28. The summed E-state index contributed by atoms with van der Waals surface area (Å²) in [5, 5.41) is 9.69. The molecule has 0 bridgehead atoms. The van der Waals surface area contributed by atoms with Gasteiger partial charge in [-0.25, -0.2) is 9.97 Å². The molecule has 0 atom stereocenters. The molecule has 4 aromatic carbocycles. The molecule has 11 heteroatoms. The molecule has 47 heavy (non-hydrogen) atoms. The molecule has 4 N–H and O–H groups in total. The minimum atomic E-state index is -0.0663. The summed E-state index contributed by atoms with van der Waals surface area (Å²) in [5.41, 5.74) is 11.6. The number of hydrogen-bond acceptors (Lipinski definition) is 10. The lowest BCUT2D eigenvalue weighted by molar-refractivity contribution is -0.116. The number of anilines is 4. The molecule has 0 unspecified atom stereocenters. The molecule has 2 heterocycles. The molecule has 1 amide bonds. The molecular weight excluding hydrogens is 631 g/mol. The van der Waals surface area contributed by atoms with Crippen LogP contribution in [0.4, 0.5) is 22.3 Å². The zero-order valence-corrected chi connectivity index (χ0v) is 27.7. The Morgan fingerprint density at radius 3 is 2.09 bits per heavy atom. The number of carbonyl (C=O) groups is 1. The van der Waals surface area contributed by atoms with Crippen LogP contribution >= 0.6 is 22.7 Å². The van der Waals surface area contributed by atoms with Gasteiger partial charge in [0.2, 0.25) is 11.7 Å². The number of methoxy groups -OCH3 is 3. The molecule has 0 spiro atoms. The summed E-state index contributed by atoms with van der Waals surface area (Å²) < 4.78 is 16.3. The Morgan fingerprint density at radius 1 is 0.809 bits per heavy atom. The highest BCUT2D eigenvalue weighted by atomic mass is 32.1. The molecule has 0 saturated heterocycles. The minimum Gasteiger partial charge on any atom is -0.493 e. The number of nitrogens with two attached hydrogens (primary N) is 1. The average molecular weight is 664 g/mol. The highest BCUT2D eigenvalue weighted by Crippen LogP contribution is 2.43. The zero-order chi connectivity index (χ0) is 32.8. The first-order chi connectivity index (χ1) is 22.9. The molecule has 0 aliphatic rings. The van der Waals surface area contributed by atoms with Crippen molar-refractivity contribution in [2.75, 3.05) is 37.7 Å². The highest BCUT2D eigenvalue weighted by Gasteiger charge is 2.20. The summed E-state index contributed by atoms with van der Waals surface area (Å²) in [4.78, 5) is 23.5. The van der Waals surface area contributed by atoms with Crippen molar-refractivity contribution in [2.24, 2.45) is 0 Å². The van der Waals surface area contributed by atoms with Gasteiger partial charge in [-0.3, -0.25) is 4.79 Å². The quantitative estimate of drug-likeness (QED) is 0.119. The number of nitrogens with one attached hydrogen (secondary N) is 2. The van der Waals surface area contributed by atoms with Gasteiger partial charge in [0.05, 0.1) is 27.0 Å². The van der Waals surface area contributed by atoms with E-state index in [1.807, 2.05) is 66.0 Å². The van der Waals surface area contributed by atoms with Gasteiger partial charge >= 0.3 is 0 Å². The molecule has 6 aromatic rings. The van der Waals surface area contributed by atoms with E-state index in [2.05, 4.69) is 39.9 Å². The van der Waals surface area contributed by atoms with Crippen molar-refractivity contribution in [1.29, 1.82) is 0 Å². The third-order valence-corrected chi connectivity index (χ3v) is 9.49. The third-order valence-electron chi connectivity index (χ3n) is 7.50. The Hall–Kier alpha value is -5.39. The molecule has 0 fully saturated rings. The number of amides is 1. The summed E-state index contributed by atoms with van der Waals surface area (Å²) in [6.07, 6.45) is 0.316. The molecular formula is C36H33N5O4S2. The predicted molar refractivity (Wildman–Crippen MR) is 190 cm³/mol. The van der Waals surface area contributed by atoms with E-state index in [4.69, 9.17) is 24.9 Å². The van der Waals surface area contributed by atoms with Crippen LogP contribution in [-0.4, -0.2) is 37.2 Å². The number of nitrogen functional groups attached to an aromatic ring is 1. The van der Waals surface area contributed by atoms with E-state index in [0.29, 0.717) is 46.0 Å². The first-order valence-corrected chi connectivity index (χ1v) is 16.4. The Labute approximate surface area is 281 Å². The lowest BCUT2D eigenvalue weighted by atomic mass is 9.88. The van der Waals surface area contributed by atoms with Crippen LogP contribution in [0.15, 0.2) is 102 Å². The zero-order valence-electron chi connectivity index (χ0n) is 26.0. The van der Waals surface area contributed by atoms with Crippen LogP contribution in [0.25, 0.3) is 21.1 Å². The number of aromatic nitrogens is 2. The number of thiazole rings is 2. The van der Waals surface area contributed by atoms with Gasteiger partial charge in [0.15, 0.2) is 16.6 Å². The second-order valence-electron chi connectivity index (χ2n) is 10.5. The first-order valence-electron chi connectivity index (χ1n) is 14.7. The van der Waals surface area contributed by atoms with Crippen LogP contribution in [-0.2, 0) is 4.79 Å². The molecule has 2 aromatic heterocycles. The Balaban J connectivity index is 1.17. The van der Waals surface area contributed by atoms with Crippen molar-refractivity contribution in [2.45, 2.75) is 12.3 Å². The Morgan fingerprint density at radius 2 is 1.47 bits per heavy atom. The standard InChI is InChI=1S/C36H33N5O4S2/c1-43-29-18-26(19-30(44-2)32(29)45-3)39-36-41-34(37)33(47-36)35-40-28(21-46-35)24-15-10-16-25(17-24)38-31(42)20-27(22-11-6-4-7-12-22)23-13-8-5-9-14-23/h4-19,21,27H,20,37H2,1-3H3,(H,38,42)(H,39,41). The summed E-state index contributed by atoms with van der Waals surface area (Å²) in [6, 6.07) is 31.5. The van der Waals surface area contributed by atoms with E-state index >= 15 is 0 Å². The summed E-state index contributed by atoms with van der Waals surface area (Å²) in [5.74, 6) is 1.80. The maximum absolute atomic E-state index is 13.3. The van der Waals surface area contributed by atoms with Crippen molar-refractivity contribution in [3.63, 3.8) is 0 Å². The van der Waals surface area contributed by atoms with Crippen LogP contribution in [0.3, 0.4) is 0 Å². The van der Waals surface area contributed by atoms with Gasteiger partial charge < -0.3 is 30.6 Å². The molecule has 0 radical (unpaired) electrons. The number of carbonyl (C=O) groups excluding carboxylic acids is 1. The van der Waals surface area contributed by atoms with E-state index in [1.54, 1.807) is 33.5 Å². The number of rotatable bonds is 12. The van der Waals surface area contributed by atoms with Crippen molar-refractivity contribution in [1.82, 2.24) is 9.97 Å². The average Bonchev–Trinajstić information content (AvgIpc) is 3.74. The predicted octanol–water partition coefficient (Wildman–Crippen LogP) is 8.45. The Bertz CT molecular complexity index is 1910. The second-order valence-corrected chi connectivity index (χ2v) is 12.4. The van der Waals surface area contributed by atoms with E-state index < -0.39 is 0 Å². The van der Waals surface area contributed by atoms with E-state index in [9.17, 15) is 4.79 Å². The summed E-state index contributed by atoms with van der Waals surface area (Å²) in [7, 11) is 4.69. The fraction of sp³-hybridized carbons (Fsp3) is 0.139. The van der Waals surface area contributed by atoms with Crippen molar-refractivity contribution < 1.29 is 19.0 Å². The minimum absolute atomic E-state index is 0.0558. The fourth-order valence-corrected chi connectivity index (χ4v) is 7.11. The third kappa shape index (κ3) is 7.21. The topological polar surface area (TPSA) is 121 Å². The lowest BCUT2D eigenvalue weighted by Gasteiger charge is -2.18. The van der Waals surface area contributed by atoms with Crippen molar-refractivity contribution >= 4 is 50.9 Å². The largest absolute Gasteiger partial charge is 0.493 e. The molecule has 0 aliphatic heterocycles. The second kappa shape index (κ2) is 14.4. The molecule has 0 aliphatic carbocycles. The normalized spacial score (nSPS) is 10.9. The van der Waals surface area contributed by atoms with Gasteiger partial charge in [-0.1, -0.05) is 84.1 Å². The van der Waals surface area contributed by atoms with Crippen LogP contribution in [0.1, 0.15) is 23.5 Å². The first kappa shape index (κ1) is 31.6. The molecule has 238 valence electrons. The van der Waals surface area contributed by atoms with Crippen LogP contribution in [0, 0.1) is 0 Å². The van der Waals surface area contributed by atoms with Gasteiger partial charge in [0.1, 0.15) is 15.7 Å². The van der Waals surface area contributed by atoms with Gasteiger partial charge in [-0.2, -0.15) is 0 Å². The summed E-state index contributed by atoms with van der Waals surface area (Å²) in [6.45, 7) is 0. The molecule has 0 saturated carbocycles.